The Balaban J connectivity index is 1.62. The summed E-state index contributed by atoms with van der Waals surface area (Å²) < 4.78 is 55.8. The Kier molecular flexibility index (Phi) is 7.80. The van der Waals surface area contributed by atoms with Gasteiger partial charge in [0.25, 0.3) is 11.8 Å². The van der Waals surface area contributed by atoms with Crippen molar-refractivity contribution in [2.45, 2.75) is 50.7 Å². The summed E-state index contributed by atoms with van der Waals surface area (Å²) in [5.74, 6) is -3.93. The molecule has 2 aromatic rings. The molecule has 1 atom stereocenters. The van der Waals surface area contributed by atoms with Gasteiger partial charge in [-0.15, -0.1) is 0 Å². The summed E-state index contributed by atoms with van der Waals surface area (Å²) in [4.78, 5) is 43.1. The average molecular weight is 578 g/mol. The number of nitriles is 1. The van der Waals surface area contributed by atoms with Gasteiger partial charge in [0.05, 0.1) is 28.9 Å². The van der Waals surface area contributed by atoms with Gasteiger partial charge >= 0.3 is 12.1 Å². The van der Waals surface area contributed by atoms with Crippen LogP contribution in [-0.4, -0.2) is 45.1 Å². The molecule has 40 heavy (non-hydrogen) atoms. The van der Waals surface area contributed by atoms with Crippen LogP contribution in [0.3, 0.4) is 0 Å². The number of halogens is 4. The van der Waals surface area contributed by atoms with E-state index in [-0.39, 0.29) is 35.0 Å². The van der Waals surface area contributed by atoms with Crippen LogP contribution in [0.15, 0.2) is 30.5 Å². The number of carbonyl (C=O) groups is 3. The summed E-state index contributed by atoms with van der Waals surface area (Å²) >= 11 is 5.50. The third kappa shape index (κ3) is 4.97. The molecule has 9 nitrogen and oxygen atoms in total. The molecule has 2 fully saturated rings. The maximum Gasteiger partial charge on any atom is 0.419 e. The van der Waals surface area contributed by atoms with E-state index in [1.165, 1.54) is 23.1 Å². The van der Waals surface area contributed by atoms with Gasteiger partial charge in [0.15, 0.2) is 10.8 Å². The van der Waals surface area contributed by atoms with Crippen molar-refractivity contribution < 1.29 is 37.1 Å². The highest BCUT2D eigenvalue weighted by Gasteiger charge is 2.60. The van der Waals surface area contributed by atoms with Crippen LogP contribution in [0.4, 0.5) is 28.9 Å². The quantitative estimate of drug-likeness (QED) is 0.349. The third-order valence-corrected chi connectivity index (χ3v) is 7.58. The first-order valence-corrected chi connectivity index (χ1v) is 12.7. The van der Waals surface area contributed by atoms with Crippen LogP contribution in [0, 0.1) is 23.1 Å². The summed E-state index contributed by atoms with van der Waals surface area (Å²) in [7, 11) is 0. The number of hydrogen-bond acceptors (Lipinski definition) is 6. The molecule has 1 saturated carbocycles. The smallest absolute Gasteiger partial charge is 0.419 e. The molecule has 2 amide bonds. The van der Waals surface area contributed by atoms with Crippen LogP contribution in [0.5, 0.6) is 0 Å². The van der Waals surface area contributed by atoms with E-state index >= 15 is 4.39 Å². The van der Waals surface area contributed by atoms with Crippen LogP contribution in [0.2, 0.25) is 0 Å². The zero-order valence-corrected chi connectivity index (χ0v) is 21.9. The molecule has 2 heterocycles. The van der Waals surface area contributed by atoms with Gasteiger partial charge in [-0.3, -0.25) is 19.3 Å². The Morgan fingerprint density at radius 1 is 1.27 bits per heavy atom. The lowest BCUT2D eigenvalue weighted by molar-refractivity contribution is -0.142. The lowest BCUT2D eigenvalue weighted by Crippen LogP contribution is -2.55. The van der Waals surface area contributed by atoms with Crippen molar-refractivity contribution in [1.29, 1.82) is 5.26 Å². The highest BCUT2D eigenvalue weighted by atomic mass is 32.1. The number of carboxylic acids is 1. The number of aromatic nitrogens is 1. The van der Waals surface area contributed by atoms with Crippen LogP contribution < -0.4 is 15.1 Å². The number of anilines is 2. The van der Waals surface area contributed by atoms with Crippen LogP contribution in [0.25, 0.3) is 0 Å². The first kappa shape index (κ1) is 28.9. The molecule has 2 aliphatic rings. The molecule has 14 heteroatoms. The second-order valence-corrected chi connectivity index (χ2v) is 9.86. The minimum absolute atomic E-state index is 0.0200. The number of hydrogen-bond donors (Lipinski definition) is 2. The first-order valence-electron chi connectivity index (χ1n) is 12.3. The van der Waals surface area contributed by atoms with E-state index in [0.717, 1.165) is 17.2 Å². The second-order valence-electron chi connectivity index (χ2n) is 9.50. The zero-order valence-electron chi connectivity index (χ0n) is 21.1. The van der Waals surface area contributed by atoms with Gasteiger partial charge in [-0.1, -0.05) is 6.92 Å². The normalized spacial score (nSPS) is 17.0. The first-order chi connectivity index (χ1) is 18.9. The van der Waals surface area contributed by atoms with Gasteiger partial charge in [-0.25, -0.2) is 9.37 Å². The SMILES string of the molecule is CCC(CCNC(=O)c1ccc(N2C(=S)N(c3cnc(C#N)c(C(F)(F)F)c3)C(=O)C23CCC3)cc1F)C(=O)O. The van der Waals surface area contributed by atoms with E-state index in [4.69, 9.17) is 22.6 Å². The molecule has 1 saturated heterocycles. The van der Waals surface area contributed by atoms with E-state index in [9.17, 15) is 27.6 Å². The number of amides is 2. The van der Waals surface area contributed by atoms with Crippen molar-refractivity contribution in [1.82, 2.24) is 10.3 Å². The fraction of sp³-hybridized carbons (Fsp3) is 0.385. The number of nitrogens with zero attached hydrogens (tertiary/aromatic N) is 4. The number of rotatable bonds is 8. The number of aliphatic carboxylic acids is 1. The minimum Gasteiger partial charge on any atom is -0.481 e. The average Bonchev–Trinajstić information content (AvgIpc) is 3.11. The molecular weight excluding hydrogens is 554 g/mol. The molecule has 1 aliphatic carbocycles. The Bertz CT molecular complexity index is 1440. The fourth-order valence-corrected chi connectivity index (χ4v) is 5.34. The molecule has 1 unspecified atom stereocenters. The molecule has 1 aromatic carbocycles. The molecule has 4 rings (SSSR count). The standard InChI is InChI=1S/C26H23F4N5O4S/c1-2-14(22(37)38)6-9-32-21(36)17-5-4-15(11-19(17)27)35-24(40)34(23(39)25(35)7-3-8-25)16-10-18(26(28,29)30)20(12-31)33-13-16/h4-5,10-11,13-14H,2-3,6-9H2,1H3,(H,32,36)(H,37,38). The van der Waals surface area contributed by atoms with E-state index in [0.29, 0.717) is 31.7 Å². The monoisotopic (exact) mass is 577 g/mol. The van der Waals surface area contributed by atoms with Crippen LogP contribution >= 0.6 is 12.2 Å². The lowest BCUT2D eigenvalue weighted by Gasteiger charge is -2.43. The highest BCUT2D eigenvalue weighted by molar-refractivity contribution is 7.81. The van der Waals surface area contributed by atoms with Gasteiger partial charge in [0, 0.05) is 12.2 Å². The fourth-order valence-electron chi connectivity index (χ4n) is 4.87. The van der Waals surface area contributed by atoms with Crippen molar-refractivity contribution >= 4 is 46.5 Å². The number of thiocarbonyl (C=S) groups is 1. The Labute approximate surface area is 231 Å². The second kappa shape index (κ2) is 10.8. The lowest BCUT2D eigenvalue weighted by atomic mass is 9.75. The number of nitrogens with one attached hydrogen (secondary N) is 1. The molecule has 0 bridgehead atoms. The molecular formula is C26H23F4N5O4S. The van der Waals surface area contributed by atoms with Crippen molar-refractivity contribution in [3.63, 3.8) is 0 Å². The zero-order chi connectivity index (χ0) is 29.4. The van der Waals surface area contributed by atoms with Crippen molar-refractivity contribution in [2.75, 3.05) is 16.3 Å². The summed E-state index contributed by atoms with van der Waals surface area (Å²) in [5.41, 5.74) is -3.88. The van der Waals surface area contributed by atoms with E-state index in [1.54, 1.807) is 6.92 Å². The number of carbonyl (C=O) groups excluding carboxylic acids is 2. The summed E-state index contributed by atoms with van der Waals surface area (Å²) in [5, 5.41) is 20.5. The third-order valence-electron chi connectivity index (χ3n) is 7.21. The molecule has 2 N–H and O–H groups in total. The van der Waals surface area contributed by atoms with Gasteiger partial charge in [0.2, 0.25) is 0 Å². The highest BCUT2D eigenvalue weighted by Crippen LogP contribution is 2.48. The minimum atomic E-state index is -4.91. The predicted molar refractivity (Wildman–Crippen MR) is 138 cm³/mol. The van der Waals surface area contributed by atoms with Crippen molar-refractivity contribution in [3.8, 4) is 6.07 Å². The molecule has 0 radical (unpaired) electrons. The molecule has 1 spiro atoms. The number of benzene rings is 1. The van der Waals surface area contributed by atoms with Crippen molar-refractivity contribution in [3.05, 3.63) is 53.1 Å². The number of carboxylic acid groups (broad SMARTS) is 1. The van der Waals surface area contributed by atoms with Crippen LogP contribution in [0.1, 0.15) is 60.6 Å². The summed E-state index contributed by atoms with van der Waals surface area (Å²) in [6, 6.07) is 5.61. The Hall–Kier alpha value is -4.12. The van der Waals surface area contributed by atoms with E-state index in [1.807, 2.05) is 0 Å². The van der Waals surface area contributed by atoms with E-state index < -0.39 is 52.5 Å². The van der Waals surface area contributed by atoms with Crippen LogP contribution in [-0.2, 0) is 15.8 Å². The van der Waals surface area contributed by atoms with Gasteiger partial charge in [0.1, 0.15) is 17.4 Å². The molecule has 1 aliphatic heterocycles. The maximum atomic E-state index is 15.1. The molecule has 210 valence electrons. The topological polar surface area (TPSA) is 127 Å². The van der Waals surface area contributed by atoms with Crippen molar-refractivity contribution in [2.24, 2.45) is 5.92 Å². The van der Waals surface area contributed by atoms with Gasteiger partial charge in [-0.05, 0) is 68.6 Å². The van der Waals surface area contributed by atoms with E-state index in [2.05, 4.69) is 10.3 Å². The summed E-state index contributed by atoms with van der Waals surface area (Å²) in [6.07, 6.45) is -2.17. The Morgan fingerprint density at radius 2 is 1.98 bits per heavy atom. The molecule has 1 aromatic heterocycles. The number of alkyl halides is 3. The summed E-state index contributed by atoms with van der Waals surface area (Å²) in [6.45, 7) is 1.72. The predicted octanol–water partition coefficient (Wildman–Crippen LogP) is 4.40. The van der Waals surface area contributed by atoms with Gasteiger partial charge < -0.3 is 15.3 Å². The van der Waals surface area contributed by atoms with Gasteiger partial charge in [-0.2, -0.15) is 18.4 Å². The maximum absolute atomic E-state index is 15.1. The Morgan fingerprint density at radius 3 is 2.50 bits per heavy atom. The number of pyridine rings is 1. The largest absolute Gasteiger partial charge is 0.481 e.